The molecular formula is C21H17F4N5. The number of hydrogen-bond acceptors (Lipinski definition) is 3. The van der Waals surface area contributed by atoms with Crippen molar-refractivity contribution in [3.05, 3.63) is 78.4 Å². The van der Waals surface area contributed by atoms with Gasteiger partial charge in [-0.1, -0.05) is 36.4 Å². The number of alkyl halides is 3. The number of halogens is 4. The van der Waals surface area contributed by atoms with E-state index in [9.17, 15) is 17.6 Å². The molecule has 154 valence electrons. The van der Waals surface area contributed by atoms with Crippen LogP contribution in [0.2, 0.25) is 0 Å². The van der Waals surface area contributed by atoms with Gasteiger partial charge < -0.3 is 9.13 Å². The molecule has 0 aliphatic heterocycles. The molecule has 3 aromatic heterocycles. The summed E-state index contributed by atoms with van der Waals surface area (Å²) in [5.74, 6) is -0.0999. The standard InChI is InChI=1S/C21H17F4N5/c1-2-30-17(13-29-12-11-26-20(29)15-9-6-10-16(22)27-15)28-19(21(23,24)25)18(30)14-7-4-3-5-8-14/h3-12H,2,13H2,1H3. The Morgan fingerprint density at radius 2 is 1.73 bits per heavy atom. The molecule has 3 heterocycles. The van der Waals surface area contributed by atoms with Crippen LogP contribution in [0.1, 0.15) is 18.4 Å². The van der Waals surface area contributed by atoms with Gasteiger partial charge in [0, 0.05) is 24.5 Å². The molecule has 4 aromatic rings. The number of imidazole rings is 2. The summed E-state index contributed by atoms with van der Waals surface area (Å²) in [5, 5.41) is 0. The van der Waals surface area contributed by atoms with Crippen LogP contribution in [0.25, 0.3) is 22.8 Å². The van der Waals surface area contributed by atoms with E-state index in [1.807, 2.05) is 0 Å². The fourth-order valence-corrected chi connectivity index (χ4v) is 3.40. The maximum absolute atomic E-state index is 13.8. The van der Waals surface area contributed by atoms with E-state index in [1.54, 1.807) is 58.7 Å². The predicted octanol–water partition coefficient (Wildman–Crippen LogP) is 5.03. The topological polar surface area (TPSA) is 48.5 Å². The largest absolute Gasteiger partial charge is 0.435 e. The Balaban J connectivity index is 1.82. The van der Waals surface area contributed by atoms with E-state index in [4.69, 9.17) is 0 Å². The van der Waals surface area contributed by atoms with Crippen molar-refractivity contribution in [2.75, 3.05) is 0 Å². The Labute approximate surface area is 169 Å². The zero-order chi connectivity index (χ0) is 21.3. The Morgan fingerprint density at radius 1 is 0.967 bits per heavy atom. The maximum atomic E-state index is 13.8. The molecule has 0 fully saturated rings. The van der Waals surface area contributed by atoms with Crippen LogP contribution in [-0.2, 0) is 19.3 Å². The summed E-state index contributed by atoms with van der Waals surface area (Å²) in [6.07, 6.45) is -1.52. The molecule has 9 heteroatoms. The van der Waals surface area contributed by atoms with E-state index in [0.29, 0.717) is 17.9 Å². The summed E-state index contributed by atoms with van der Waals surface area (Å²) < 4.78 is 58.0. The van der Waals surface area contributed by atoms with E-state index in [0.717, 1.165) is 0 Å². The molecule has 0 unspecified atom stereocenters. The van der Waals surface area contributed by atoms with Crippen LogP contribution >= 0.6 is 0 Å². The predicted molar refractivity (Wildman–Crippen MR) is 103 cm³/mol. The molecular weight excluding hydrogens is 398 g/mol. The first kappa shape index (κ1) is 19.8. The molecule has 0 saturated carbocycles. The first-order valence-corrected chi connectivity index (χ1v) is 9.24. The minimum absolute atomic E-state index is 0.0196. The summed E-state index contributed by atoms with van der Waals surface area (Å²) in [4.78, 5) is 12.0. The zero-order valence-electron chi connectivity index (χ0n) is 15.9. The van der Waals surface area contributed by atoms with Gasteiger partial charge in [0.1, 0.15) is 11.5 Å². The van der Waals surface area contributed by atoms with Crippen LogP contribution in [0.3, 0.4) is 0 Å². The number of aromatic nitrogens is 5. The van der Waals surface area contributed by atoms with E-state index in [-0.39, 0.29) is 23.8 Å². The Bertz CT molecular complexity index is 1160. The number of nitrogens with zero attached hydrogens (tertiary/aromatic N) is 5. The average Bonchev–Trinajstić information content (AvgIpc) is 3.33. The molecule has 0 saturated heterocycles. The second kappa shape index (κ2) is 7.74. The summed E-state index contributed by atoms with van der Waals surface area (Å²) in [6.45, 7) is 2.09. The fraction of sp³-hybridized carbons (Fsp3) is 0.190. The van der Waals surface area contributed by atoms with Crippen molar-refractivity contribution in [2.45, 2.75) is 26.2 Å². The molecule has 0 radical (unpaired) electrons. The van der Waals surface area contributed by atoms with Gasteiger partial charge in [-0.25, -0.2) is 15.0 Å². The molecule has 0 spiro atoms. The van der Waals surface area contributed by atoms with Gasteiger partial charge >= 0.3 is 6.18 Å². The average molecular weight is 415 g/mol. The highest BCUT2D eigenvalue weighted by Crippen LogP contribution is 2.37. The molecule has 5 nitrogen and oxygen atoms in total. The molecule has 0 bridgehead atoms. The minimum Gasteiger partial charge on any atom is -0.326 e. The van der Waals surface area contributed by atoms with Crippen LogP contribution in [0.4, 0.5) is 17.6 Å². The third-order valence-electron chi connectivity index (χ3n) is 4.65. The minimum atomic E-state index is -4.61. The van der Waals surface area contributed by atoms with Gasteiger partial charge in [-0.2, -0.15) is 17.6 Å². The van der Waals surface area contributed by atoms with Gasteiger partial charge in [-0.15, -0.1) is 0 Å². The highest BCUT2D eigenvalue weighted by molar-refractivity contribution is 5.64. The Morgan fingerprint density at radius 3 is 2.40 bits per heavy atom. The van der Waals surface area contributed by atoms with Crippen LogP contribution in [0.5, 0.6) is 0 Å². The van der Waals surface area contributed by atoms with Crippen molar-refractivity contribution >= 4 is 0 Å². The van der Waals surface area contributed by atoms with Gasteiger partial charge in [0.2, 0.25) is 5.95 Å². The van der Waals surface area contributed by atoms with Crippen LogP contribution in [0.15, 0.2) is 60.9 Å². The van der Waals surface area contributed by atoms with Crippen LogP contribution in [-0.4, -0.2) is 24.1 Å². The normalized spacial score (nSPS) is 11.8. The summed E-state index contributed by atoms with van der Waals surface area (Å²) in [6, 6.07) is 12.7. The Kier molecular flexibility index (Phi) is 5.11. The first-order valence-electron chi connectivity index (χ1n) is 9.24. The SMILES string of the molecule is CCn1c(Cn2ccnc2-c2cccc(F)n2)nc(C(F)(F)F)c1-c1ccccc1. The van der Waals surface area contributed by atoms with Gasteiger partial charge in [0.25, 0.3) is 0 Å². The van der Waals surface area contributed by atoms with Crippen molar-refractivity contribution in [2.24, 2.45) is 0 Å². The highest BCUT2D eigenvalue weighted by atomic mass is 19.4. The van der Waals surface area contributed by atoms with E-state index in [2.05, 4.69) is 15.0 Å². The maximum Gasteiger partial charge on any atom is 0.435 e. The lowest BCUT2D eigenvalue weighted by atomic mass is 10.1. The van der Waals surface area contributed by atoms with Crippen molar-refractivity contribution in [1.82, 2.24) is 24.1 Å². The first-order chi connectivity index (χ1) is 14.4. The fourth-order valence-electron chi connectivity index (χ4n) is 3.40. The second-order valence-electron chi connectivity index (χ2n) is 6.56. The van der Waals surface area contributed by atoms with E-state index in [1.165, 1.54) is 18.3 Å². The van der Waals surface area contributed by atoms with Crippen molar-refractivity contribution in [1.29, 1.82) is 0 Å². The lowest BCUT2D eigenvalue weighted by Gasteiger charge is -2.13. The van der Waals surface area contributed by atoms with Crippen LogP contribution < -0.4 is 0 Å². The number of pyridine rings is 1. The zero-order valence-corrected chi connectivity index (χ0v) is 15.9. The molecule has 0 aliphatic carbocycles. The summed E-state index contributed by atoms with van der Waals surface area (Å²) >= 11 is 0. The molecule has 0 amide bonds. The number of rotatable bonds is 5. The van der Waals surface area contributed by atoms with E-state index >= 15 is 0 Å². The highest BCUT2D eigenvalue weighted by Gasteiger charge is 2.39. The molecule has 0 N–H and O–H groups in total. The van der Waals surface area contributed by atoms with Crippen LogP contribution in [0, 0.1) is 5.95 Å². The van der Waals surface area contributed by atoms with E-state index < -0.39 is 17.8 Å². The Hall–Kier alpha value is -3.49. The molecule has 30 heavy (non-hydrogen) atoms. The van der Waals surface area contributed by atoms with Gasteiger partial charge in [0.05, 0.1) is 12.2 Å². The lowest BCUT2D eigenvalue weighted by Crippen LogP contribution is -2.10. The third kappa shape index (κ3) is 3.70. The van der Waals surface area contributed by atoms with Crippen molar-refractivity contribution in [3.8, 4) is 22.8 Å². The summed E-state index contributed by atoms with van der Waals surface area (Å²) in [5.41, 5.74) is -0.195. The second-order valence-corrected chi connectivity index (χ2v) is 6.56. The monoisotopic (exact) mass is 415 g/mol. The smallest absolute Gasteiger partial charge is 0.326 e. The van der Waals surface area contributed by atoms with Gasteiger partial charge in [-0.3, -0.25) is 0 Å². The number of hydrogen-bond donors (Lipinski definition) is 0. The molecule has 1 aromatic carbocycles. The summed E-state index contributed by atoms with van der Waals surface area (Å²) in [7, 11) is 0. The number of benzene rings is 1. The lowest BCUT2D eigenvalue weighted by molar-refractivity contribution is -0.140. The van der Waals surface area contributed by atoms with Gasteiger partial charge in [0.15, 0.2) is 11.5 Å². The van der Waals surface area contributed by atoms with Crippen molar-refractivity contribution < 1.29 is 17.6 Å². The molecule has 0 atom stereocenters. The molecule has 0 aliphatic rings. The van der Waals surface area contributed by atoms with Crippen molar-refractivity contribution in [3.63, 3.8) is 0 Å². The third-order valence-corrected chi connectivity index (χ3v) is 4.65. The quantitative estimate of drug-likeness (QED) is 0.339. The van der Waals surface area contributed by atoms with Gasteiger partial charge in [-0.05, 0) is 19.1 Å². The molecule has 4 rings (SSSR count).